The van der Waals surface area contributed by atoms with E-state index in [4.69, 9.17) is 9.15 Å². The first-order valence-corrected chi connectivity index (χ1v) is 8.22. The number of aliphatic hydroxyl groups excluding tert-OH is 1. The number of amides is 1. The Balaban J connectivity index is 1.64. The van der Waals surface area contributed by atoms with Crippen molar-refractivity contribution in [3.05, 3.63) is 75.9 Å². The second-order valence-corrected chi connectivity index (χ2v) is 6.30. The lowest BCUT2D eigenvalue weighted by Gasteiger charge is -2.08. The zero-order valence-corrected chi connectivity index (χ0v) is 13.9. The molecule has 0 spiro atoms. The summed E-state index contributed by atoms with van der Waals surface area (Å²) in [4.78, 5) is 14.0. The number of para-hydroxylation sites is 1. The summed E-state index contributed by atoms with van der Waals surface area (Å²) in [6.45, 7) is 0.381. The minimum absolute atomic E-state index is 0.200. The summed E-state index contributed by atoms with van der Waals surface area (Å²) >= 11 is 1.43. The van der Waals surface area contributed by atoms with E-state index in [-0.39, 0.29) is 5.91 Å². The molecule has 2 aromatic heterocycles. The number of benzene rings is 1. The van der Waals surface area contributed by atoms with Crippen molar-refractivity contribution >= 4 is 17.2 Å². The van der Waals surface area contributed by atoms with Crippen LogP contribution in [0.2, 0.25) is 0 Å². The van der Waals surface area contributed by atoms with Gasteiger partial charge in [-0.2, -0.15) is 0 Å². The average Bonchev–Trinajstić information content (AvgIpc) is 3.30. The number of carbonyl (C=O) groups is 1. The van der Waals surface area contributed by atoms with Crippen LogP contribution in [-0.4, -0.2) is 18.1 Å². The van der Waals surface area contributed by atoms with Crippen molar-refractivity contribution in [2.75, 3.05) is 7.11 Å². The van der Waals surface area contributed by atoms with Crippen LogP contribution in [0, 0.1) is 0 Å². The molecule has 6 heteroatoms. The van der Waals surface area contributed by atoms with Crippen molar-refractivity contribution in [3.8, 4) is 5.75 Å². The van der Waals surface area contributed by atoms with Gasteiger partial charge < -0.3 is 19.6 Å². The molecular weight excluding hydrogens is 326 g/mol. The summed E-state index contributed by atoms with van der Waals surface area (Å²) < 4.78 is 10.4. The van der Waals surface area contributed by atoms with Gasteiger partial charge in [-0.05, 0) is 36.4 Å². The van der Waals surface area contributed by atoms with Gasteiger partial charge in [0.1, 0.15) is 17.6 Å². The second-order valence-electron chi connectivity index (χ2n) is 5.10. The van der Waals surface area contributed by atoms with Crippen LogP contribution >= 0.6 is 11.3 Å². The topological polar surface area (TPSA) is 71.7 Å². The third kappa shape index (κ3) is 3.50. The monoisotopic (exact) mass is 343 g/mol. The molecule has 3 rings (SSSR count). The van der Waals surface area contributed by atoms with Crippen molar-refractivity contribution in [3.63, 3.8) is 0 Å². The number of thiophene rings is 1. The zero-order chi connectivity index (χ0) is 16.9. The molecule has 3 aromatic rings. The van der Waals surface area contributed by atoms with E-state index in [2.05, 4.69) is 5.32 Å². The second kappa shape index (κ2) is 7.33. The first-order chi connectivity index (χ1) is 11.7. The molecule has 0 bridgehead atoms. The van der Waals surface area contributed by atoms with E-state index in [1.165, 1.54) is 24.7 Å². The van der Waals surface area contributed by atoms with Crippen LogP contribution in [0.5, 0.6) is 5.75 Å². The normalized spacial score (nSPS) is 11.9. The predicted molar refractivity (Wildman–Crippen MR) is 91.3 cm³/mol. The summed E-state index contributed by atoms with van der Waals surface area (Å²) in [6, 6.07) is 14.3. The molecule has 2 N–H and O–H groups in total. The number of rotatable bonds is 6. The lowest BCUT2D eigenvalue weighted by Crippen LogP contribution is -2.22. The lowest BCUT2D eigenvalue weighted by atomic mass is 10.2. The van der Waals surface area contributed by atoms with Crippen LogP contribution < -0.4 is 10.1 Å². The predicted octanol–water partition coefficient (Wildman–Crippen LogP) is 3.36. The molecule has 0 saturated heterocycles. The quantitative estimate of drug-likeness (QED) is 0.720. The number of carbonyl (C=O) groups excluding carboxylic acids is 1. The average molecular weight is 343 g/mol. The van der Waals surface area contributed by atoms with Gasteiger partial charge in [-0.15, -0.1) is 11.3 Å². The Morgan fingerprint density at radius 2 is 2.08 bits per heavy atom. The van der Waals surface area contributed by atoms with E-state index in [1.54, 1.807) is 30.3 Å². The summed E-state index contributed by atoms with van der Waals surface area (Å²) in [6.07, 6.45) is 0.740. The van der Waals surface area contributed by atoms with E-state index >= 15 is 0 Å². The van der Waals surface area contributed by atoms with Gasteiger partial charge in [0.15, 0.2) is 0 Å². The zero-order valence-electron chi connectivity index (χ0n) is 13.1. The Morgan fingerprint density at radius 1 is 1.25 bits per heavy atom. The van der Waals surface area contributed by atoms with Crippen molar-refractivity contribution < 1.29 is 19.1 Å². The Kier molecular flexibility index (Phi) is 4.98. The summed E-state index contributed by atoms with van der Waals surface area (Å²) in [5.74, 6) is 0.838. The molecule has 24 heavy (non-hydrogen) atoms. The van der Waals surface area contributed by atoms with Gasteiger partial charge in [-0.1, -0.05) is 12.1 Å². The maximum Gasteiger partial charge on any atom is 0.255 e. The molecule has 2 heterocycles. The Labute approximate surface area is 143 Å². The minimum atomic E-state index is -0.788. The summed E-state index contributed by atoms with van der Waals surface area (Å²) in [5.41, 5.74) is 0.493. The molecule has 0 aliphatic rings. The van der Waals surface area contributed by atoms with Crippen LogP contribution in [0.25, 0.3) is 0 Å². The minimum Gasteiger partial charge on any atom is -0.496 e. The van der Waals surface area contributed by atoms with Crippen LogP contribution in [-0.2, 0) is 6.54 Å². The highest BCUT2D eigenvalue weighted by Gasteiger charge is 2.16. The molecule has 124 valence electrons. The molecular formula is C18H17NO4S. The number of nitrogens with one attached hydrogen (secondary N) is 1. The molecule has 0 unspecified atom stereocenters. The van der Waals surface area contributed by atoms with Gasteiger partial charge in [-0.3, -0.25) is 4.79 Å². The maximum absolute atomic E-state index is 12.3. The number of methoxy groups -OCH3 is 1. The number of ether oxygens (including phenoxy) is 1. The number of furan rings is 1. The first kappa shape index (κ1) is 16.3. The molecule has 0 aliphatic heterocycles. The number of aliphatic hydroxyl groups is 1. The maximum atomic E-state index is 12.3. The van der Waals surface area contributed by atoms with Crippen molar-refractivity contribution in [2.24, 2.45) is 0 Å². The van der Waals surface area contributed by atoms with E-state index in [1.807, 2.05) is 18.2 Å². The Hall–Kier alpha value is -2.57. The highest BCUT2D eigenvalue weighted by Crippen LogP contribution is 2.28. The Bertz CT molecular complexity index is 810. The van der Waals surface area contributed by atoms with Crippen LogP contribution in [0.3, 0.4) is 0 Å². The van der Waals surface area contributed by atoms with E-state index in [0.717, 1.165) is 9.75 Å². The van der Waals surface area contributed by atoms with Gasteiger partial charge in [0.05, 0.1) is 25.5 Å². The third-order valence-corrected chi connectivity index (χ3v) is 4.68. The van der Waals surface area contributed by atoms with Crippen LogP contribution in [0.4, 0.5) is 0 Å². The Morgan fingerprint density at radius 3 is 2.83 bits per heavy atom. The van der Waals surface area contributed by atoms with Crippen LogP contribution in [0.15, 0.2) is 59.2 Å². The fourth-order valence-corrected chi connectivity index (χ4v) is 3.27. The van der Waals surface area contributed by atoms with E-state index in [0.29, 0.717) is 23.6 Å². The van der Waals surface area contributed by atoms with Crippen LogP contribution in [0.1, 0.15) is 32.0 Å². The molecule has 0 saturated carbocycles. The fraction of sp³-hybridized carbons (Fsp3) is 0.167. The standard InChI is InChI=1S/C18H17NO4S/c1-22-14-6-3-2-5-13(14)18(21)19-11-12-8-9-16(24-12)17(20)15-7-4-10-23-15/h2-10,17,20H,11H2,1H3,(H,19,21)/t17-/m0/s1. The van der Waals surface area contributed by atoms with Gasteiger partial charge in [0.2, 0.25) is 0 Å². The largest absolute Gasteiger partial charge is 0.496 e. The number of hydrogen-bond acceptors (Lipinski definition) is 5. The fourth-order valence-electron chi connectivity index (χ4n) is 2.32. The molecule has 0 fully saturated rings. The smallest absolute Gasteiger partial charge is 0.255 e. The summed E-state index contributed by atoms with van der Waals surface area (Å²) in [7, 11) is 1.54. The van der Waals surface area contributed by atoms with E-state index in [9.17, 15) is 9.90 Å². The molecule has 1 amide bonds. The highest BCUT2D eigenvalue weighted by molar-refractivity contribution is 7.12. The third-order valence-electron chi connectivity index (χ3n) is 3.54. The van der Waals surface area contributed by atoms with Gasteiger partial charge in [0, 0.05) is 9.75 Å². The highest BCUT2D eigenvalue weighted by atomic mass is 32.1. The molecule has 1 aromatic carbocycles. The van der Waals surface area contributed by atoms with E-state index < -0.39 is 6.10 Å². The van der Waals surface area contributed by atoms with Crippen molar-refractivity contribution in [1.82, 2.24) is 5.32 Å². The molecule has 0 aliphatic carbocycles. The summed E-state index contributed by atoms with van der Waals surface area (Å²) in [5, 5.41) is 13.1. The SMILES string of the molecule is COc1ccccc1C(=O)NCc1ccc([C@@H](O)c2ccco2)s1. The van der Waals surface area contributed by atoms with Crippen molar-refractivity contribution in [2.45, 2.75) is 12.6 Å². The van der Waals surface area contributed by atoms with Crippen molar-refractivity contribution in [1.29, 1.82) is 0 Å². The van der Waals surface area contributed by atoms with Gasteiger partial charge in [0.25, 0.3) is 5.91 Å². The molecule has 5 nitrogen and oxygen atoms in total. The molecule has 1 atom stereocenters. The first-order valence-electron chi connectivity index (χ1n) is 7.40. The lowest BCUT2D eigenvalue weighted by molar-refractivity contribution is 0.0948. The number of hydrogen-bond donors (Lipinski definition) is 2. The van der Waals surface area contributed by atoms with Gasteiger partial charge >= 0.3 is 0 Å². The molecule has 0 radical (unpaired) electrons. The van der Waals surface area contributed by atoms with Gasteiger partial charge in [-0.25, -0.2) is 0 Å².